The number of nitrogens with zero attached hydrogens (tertiary/aromatic N) is 2. The van der Waals surface area contributed by atoms with Crippen LogP contribution in [0.2, 0.25) is 0 Å². The Labute approximate surface area is 107 Å². The second kappa shape index (κ2) is 3.89. The molecule has 92 valence electrons. The zero-order chi connectivity index (χ0) is 11.9. The van der Waals surface area contributed by atoms with Crippen molar-refractivity contribution in [2.75, 3.05) is 24.5 Å². The molecule has 1 aromatic heterocycles. The minimum atomic E-state index is 0.470. The van der Waals surface area contributed by atoms with Gasteiger partial charge in [-0.3, -0.25) is 0 Å². The van der Waals surface area contributed by atoms with Crippen LogP contribution < -0.4 is 10.2 Å². The highest BCUT2D eigenvalue weighted by Gasteiger charge is 2.29. The van der Waals surface area contributed by atoms with Crippen LogP contribution in [-0.4, -0.2) is 24.2 Å². The highest BCUT2D eigenvalue weighted by Crippen LogP contribution is 2.34. The first-order valence-corrected chi connectivity index (χ1v) is 6.64. The molecule has 1 saturated heterocycles. The number of hydrogen-bond donors (Lipinski definition) is 1. The van der Waals surface area contributed by atoms with Gasteiger partial charge in [0.05, 0.1) is 6.04 Å². The third kappa shape index (κ3) is 1.40. The van der Waals surface area contributed by atoms with Gasteiger partial charge in [0, 0.05) is 43.8 Å². The molecule has 0 spiro atoms. The van der Waals surface area contributed by atoms with Gasteiger partial charge in [0.25, 0.3) is 0 Å². The molecule has 1 atom stereocenters. The SMILES string of the molecule is c1ccc2c(c1)Cn1cccc1[C@H]1CNCCN21. The lowest BCUT2D eigenvalue weighted by molar-refractivity contribution is 0.477. The largest absolute Gasteiger partial charge is 0.360 e. The Morgan fingerprint density at radius 2 is 2.06 bits per heavy atom. The predicted octanol–water partition coefficient (Wildman–Crippen LogP) is 2.00. The van der Waals surface area contributed by atoms with E-state index in [2.05, 4.69) is 57.4 Å². The molecular weight excluding hydrogens is 222 g/mol. The Balaban J connectivity index is 1.91. The lowest BCUT2D eigenvalue weighted by Crippen LogP contribution is -2.46. The summed E-state index contributed by atoms with van der Waals surface area (Å²) >= 11 is 0. The van der Waals surface area contributed by atoms with E-state index in [1.807, 2.05) is 0 Å². The van der Waals surface area contributed by atoms with Crippen molar-refractivity contribution >= 4 is 5.69 Å². The number of benzene rings is 1. The molecule has 3 heteroatoms. The molecule has 0 amide bonds. The zero-order valence-electron chi connectivity index (χ0n) is 10.3. The highest BCUT2D eigenvalue weighted by atomic mass is 15.3. The first kappa shape index (κ1) is 10.2. The van der Waals surface area contributed by atoms with Gasteiger partial charge in [0.1, 0.15) is 0 Å². The Morgan fingerprint density at radius 3 is 3.06 bits per heavy atom. The van der Waals surface area contributed by atoms with Crippen LogP contribution in [-0.2, 0) is 6.54 Å². The third-order valence-corrected chi connectivity index (χ3v) is 4.09. The highest BCUT2D eigenvalue weighted by molar-refractivity contribution is 5.57. The van der Waals surface area contributed by atoms with Crippen LogP contribution in [0, 0.1) is 0 Å². The second-order valence-electron chi connectivity index (χ2n) is 5.10. The van der Waals surface area contributed by atoms with Crippen molar-refractivity contribution in [2.45, 2.75) is 12.6 Å². The van der Waals surface area contributed by atoms with Crippen LogP contribution in [0.5, 0.6) is 0 Å². The summed E-state index contributed by atoms with van der Waals surface area (Å²) < 4.78 is 2.39. The molecule has 0 aliphatic carbocycles. The van der Waals surface area contributed by atoms with Gasteiger partial charge in [-0.1, -0.05) is 18.2 Å². The summed E-state index contributed by atoms with van der Waals surface area (Å²) in [5.41, 5.74) is 4.27. The number of rotatable bonds is 0. The minimum absolute atomic E-state index is 0.470. The summed E-state index contributed by atoms with van der Waals surface area (Å²) in [5, 5.41) is 3.52. The Bertz CT molecular complexity index is 573. The molecule has 2 aliphatic heterocycles. The molecule has 3 nitrogen and oxygen atoms in total. The summed E-state index contributed by atoms with van der Waals surface area (Å²) in [6, 6.07) is 13.7. The molecule has 18 heavy (non-hydrogen) atoms. The fraction of sp³-hybridized carbons (Fsp3) is 0.333. The molecule has 0 saturated carbocycles. The van der Waals surface area contributed by atoms with Crippen molar-refractivity contribution in [1.29, 1.82) is 0 Å². The van der Waals surface area contributed by atoms with Gasteiger partial charge in [0.15, 0.2) is 0 Å². The molecule has 1 aromatic carbocycles. The topological polar surface area (TPSA) is 20.2 Å². The summed E-state index contributed by atoms with van der Waals surface area (Å²) in [7, 11) is 0. The monoisotopic (exact) mass is 239 g/mol. The Kier molecular flexibility index (Phi) is 2.20. The molecular formula is C15H17N3. The molecule has 1 fully saturated rings. The predicted molar refractivity (Wildman–Crippen MR) is 72.9 cm³/mol. The van der Waals surface area contributed by atoms with Crippen LogP contribution in [0.1, 0.15) is 17.3 Å². The van der Waals surface area contributed by atoms with Gasteiger partial charge < -0.3 is 14.8 Å². The van der Waals surface area contributed by atoms with Crippen LogP contribution in [0.15, 0.2) is 42.6 Å². The maximum absolute atomic E-state index is 3.52. The van der Waals surface area contributed by atoms with E-state index in [1.54, 1.807) is 0 Å². The second-order valence-corrected chi connectivity index (χ2v) is 5.10. The van der Waals surface area contributed by atoms with Crippen LogP contribution in [0.3, 0.4) is 0 Å². The van der Waals surface area contributed by atoms with Crippen molar-refractivity contribution in [1.82, 2.24) is 9.88 Å². The molecule has 1 N–H and O–H groups in total. The Hall–Kier alpha value is -1.74. The zero-order valence-corrected chi connectivity index (χ0v) is 10.3. The van der Waals surface area contributed by atoms with Crippen molar-refractivity contribution in [3.8, 4) is 0 Å². The fourth-order valence-electron chi connectivity index (χ4n) is 3.24. The number of hydrogen-bond acceptors (Lipinski definition) is 2. The normalized spacial score (nSPS) is 21.8. The average Bonchev–Trinajstić information content (AvgIpc) is 2.83. The van der Waals surface area contributed by atoms with Gasteiger partial charge in [-0.2, -0.15) is 0 Å². The van der Waals surface area contributed by atoms with Gasteiger partial charge in [-0.25, -0.2) is 0 Å². The van der Waals surface area contributed by atoms with Crippen LogP contribution in [0.25, 0.3) is 0 Å². The van der Waals surface area contributed by atoms with E-state index in [1.165, 1.54) is 16.9 Å². The van der Waals surface area contributed by atoms with E-state index >= 15 is 0 Å². The molecule has 0 bridgehead atoms. The number of anilines is 1. The summed E-state index contributed by atoms with van der Waals surface area (Å²) in [6.45, 7) is 4.20. The number of para-hydroxylation sites is 1. The number of fused-ring (bicyclic) bond motifs is 5. The lowest BCUT2D eigenvalue weighted by Gasteiger charge is -2.37. The molecule has 0 radical (unpaired) electrons. The minimum Gasteiger partial charge on any atom is -0.360 e. The Morgan fingerprint density at radius 1 is 1.11 bits per heavy atom. The first-order chi connectivity index (χ1) is 8.93. The molecule has 4 rings (SSSR count). The van der Waals surface area contributed by atoms with E-state index in [0.717, 1.165) is 26.2 Å². The van der Waals surface area contributed by atoms with Crippen molar-refractivity contribution in [3.05, 3.63) is 53.9 Å². The van der Waals surface area contributed by atoms with Crippen molar-refractivity contribution in [2.24, 2.45) is 0 Å². The molecule has 3 heterocycles. The quantitative estimate of drug-likeness (QED) is 0.759. The van der Waals surface area contributed by atoms with Crippen LogP contribution in [0.4, 0.5) is 5.69 Å². The molecule has 2 aliphatic rings. The third-order valence-electron chi connectivity index (χ3n) is 4.09. The first-order valence-electron chi connectivity index (χ1n) is 6.64. The van der Waals surface area contributed by atoms with E-state index in [9.17, 15) is 0 Å². The number of piperazine rings is 1. The fourth-order valence-corrected chi connectivity index (χ4v) is 3.24. The van der Waals surface area contributed by atoms with E-state index in [-0.39, 0.29) is 0 Å². The molecule has 0 unspecified atom stereocenters. The van der Waals surface area contributed by atoms with Gasteiger partial charge in [-0.05, 0) is 23.8 Å². The van der Waals surface area contributed by atoms with E-state index < -0.39 is 0 Å². The summed E-state index contributed by atoms with van der Waals surface area (Å²) in [4.78, 5) is 2.56. The van der Waals surface area contributed by atoms with Gasteiger partial charge >= 0.3 is 0 Å². The number of aromatic nitrogens is 1. The van der Waals surface area contributed by atoms with E-state index in [4.69, 9.17) is 0 Å². The number of nitrogens with one attached hydrogen (secondary N) is 1. The summed E-state index contributed by atoms with van der Waals surface area (Å²) in [5.74, 6) is 0. The van der Waals surface area contributed by atoms with Gasteiger partial charge in [0.2, 0.25) is 0 Å². The van der Waals surface area contributed by atoms with Crippen LogP contribution >= 0.6 is 0 Å². The maximum Gasteiger partial charge on any atom is 0.0818 e. The average molecular weight is 239 g/mol. The van der Waals surface area contributed by atoms with Crippen molar-refractivity contribution < 1.29 is 0 Å². The summed E-state index contributed by atoms with van der Waals surface area (Å²) in [6.07, 6.45) is 2.20. The van der Waals surface area contributed by atoms with Gasteiger partial charge in [-0.15, -0.1) is 0 Å². The lowest BCUT2D eigenvalue weighted by atomic mass is 10.1. The van der Waals surface area contributed by atoms with Crippen molar-refractivity contribution in [3.63, 3.8) is 0 Å². The molecule has 2 aromatic rings. The van der Waals surface area contributed by atoms with E-state index in [0.29, 0.717) is 6.04 Å². The maximum atomic E-state index is 3.52. The smallest absolute Gasteiger partial charge is 0.0818 e. The standard InChI is InChI=1S/C15H17N3/c1-2-5-13-12(4-1)11-17-8-3-6-14(17)15-10-16-7-9-18(13)15/h1-6,8,15-16H,7,9-11H2/t15-/m1/s1.